The van der Waals surface area contributed by atoms with Gasteiger partial charge in [-0.2, -0.15) is 0 Å². The predicted octanol–water partition coefficient (Wildman–Crippen LogP) is 3.29. The molecule has 3 rings (SSSR count). The number of aryl methyl sites for hydroxylation is 1. The van der Waals surface area contributed by atoms with E-state index in [1.165, 1.54) is 24.0 Å². The summed E-state index contributed by atoms with van der Waals surface area (Å²) in [4.78, 5) is 30.8. The maximum atomic E-state index is 12.8. The third kappa shape index (κ3) is 3.33. The molecule has 2 aromatic rings. The second-order valence-corrected chi connectivity index (χ2v) is 6.80. The third-order valence-corrected chi connectivity index (χ3v) is 5.15. The van der Waals surface area contributed by atoms with Gasteiger partial charge in [-0.1, -0.05) is 29.8 Å². The van der Waals surface area contributed by atoms with Gasteiger partial charge in [0.15, 0.2) is 0 Å². The Bertz CT molecular complexity index is 739. The van der Waals surface area contributed by atoms with Crippen LogP contribution < -0.4 is 0 Å². The van der Waals surface area contributed by atoms with Crippen molar-refractivity contribution < 1.29 is 14.3 Å². The first kappa shape index (κ1) is 16.6. The van der Waals surface area contributed by atoms with Gasteiger partial charge in [0.05, 0.1) is 7.11 Å². The molecule has 24 heavy (non-hydrogen) atoms. The second-order valence-electron chi connectivity index (χ2n) is 5.94. The number of hydrogen-bond acceptors (Lipinski definition) is 5. The van der Waals surface area contributed by atoms with E-state index in [1.54, 1.807) is 10.3 Å². The van der Waals surface area contributed by atoms with E-state index in [9.17, 15) is 9.59 Å². The molecule has 0 unspecified atom stereocenters. The monoisotopic (exact) mass is 344 g/mol. The van der Waals surface area contributed by atoms with Crippen LogP contribution >= 0.6 is 11.3 Å². The van der Waals surface area contributed by atoms with E-state index in [0.717, 1.165) is 23.4 Å². The van der Waals surface area contributed by atoms with Crippen molar-refractivity contribution in [3.05, 3.63) is 40.9 Å². The van der Waals surface area contributed by atoms with Gasteiger partial charge in [-0.15, -0.1) is 11.3 Å². The molecule has 0 spiro atoms. The van der Waals surface area contributed by atoms with Crippen molar-refractivity contribution >= 4 is 23.2 Å². The van der Waals surface area contributed by atoms with Gasteiger partial charge in [0, 0.05) is 17.5 Å². The van der Waals surface area contributed by atoms with Crippen LogP contribution in [0.2, 0.25) is 0 Å². The van der Waals surface area contributed by atoms with Crippen LogP contribution in [0.5, 0.6) is 0 Å². The molecule has 0 N–H and O–H groups in total. The van der Waals surface area contributed by atoms with Crippen molar-refractivity contribution in [1.29, 1.82) is 0 Å². The molecule has 0 aliphatic carbocycles. The Labute approximate surface area is 145 Å². The van der Waals surface area contributed by atoms with Crippen molar-refractivity contribution in [2.75, 3.05) is 13.7 Å². The highest BCUT2D eigenvalue weighted by Crippen LogP contribution is 2.26. The second kappa shape index (κ2) is 7.13. The minimum absolute atomic E-state index is 0.195. The summed E-state index contributed by atoms with van der Waals surface area (Å²) < 4.78 is 4.84. The molecule has 1 fully saturated rings. The lowest BCUT2D eigenvalue weighted by atomic mass is 10.0. The van der Waals surface area contributed by atoms with Gasteiger partial charge in [0.2, 0.25) is 0 Å². The number of piperidine rings is 1. The first-order valence-corrected chi connectivity index (χ1v) is 8.89. The molecule has 1 aromatic heterocycles. The van der Waals surface area contributed by atoms with E-state index in [2.05, 4.69) is 4.98 Å². The van der Waals surface area contributed by atoms with Gasteiger partial charge >= 0.3 is 5.97 Å². The minimum atomic E-state index is -0.499. The van der Waals surface area contributed by atoms with E-state index in [0.29, 0.717) is 18.7 Å². The first-order chi connectivity index (χ1) is 11.6. The Morgan fingerprint density at radius 2 is 2.00 bits per heavy atom. The summed E-state index contributed by atoms with van der Waals surface area (Å²) in [6.07, 6.45) is 2.47. The SMILES string of the molecule is COC(=O)[C@@H]1CCCCN1C(=O)c1csc(-c2ccc(C)cc2)n1. The molecule has 5 nitrogen and oxygen atoms in total. The highest BCUT2D eigenvalue weighted by atomic mass is 32.1. The third-order valence-electron chi connectivity index (χ3n) is 4.26. The molecule has 1 atom stereocenters. The largest absolute Gasteiger partial charge is 0.467 e. The van der Waals surface area contributed by atoms with Gasteiger partial charge < -0.3 is 9.64 Å². The van der Waals surface area contributed by atoms with Crippen molar-refractivity contribution in [2.45, 2.75) is 32.2 Å². The Hall–Kier alpha value is -2.21. The average molecular weight is 344 g/mol. The maximum Gasteiger partial charge on any atom is 0.328 e. The van der Waals surface area contributed by atoms with E-state index in [-0.39, 0.29) is 11.9 Å². The molecule has 0 saturated carbocycles. The molecule has 0 radical (unpaired) electrons. The summed E-state index contributed by atoms with van der Waals surface area (Å²) in [6.45, 7) is 2.60. The summed E-state index contributed by atoms with van der Waals surface area (Å²) in [5, 5.41) is 2.57. The Balaban J connectivity index is 1.82. The fraction of sp³-hybridized carbons (Fsp3) is 0.389. The molecule has 1 aliphatic heterocycles. The summed E-state index contributed by atoms with van der Waals surface area (Å²) >= 11 is 1.44. The van der Waals surface area contributed by atoms with Crippen molar-refractivity contribution in [1.82, 2.24) is 9.88 Å². The molecular weight excluding hydrogens is 324 g/mol. The van der Waals surface area contributed by atoms with Crippen LogP contribution in [0.1, 0.15) is 35.3 Å². The van der Waals surface area contributed by atoms with Gasteiger partial charge in [0.25, 0.3) is 5.91 Å². The van der Waals surface area contributed by atoms with Crippen LogP contribution in [-0.2, 0) is 9.53 Å². The molecule has 2 heterocycles. The van der Waals surface area contributed by atoms with Gasteiger partial charge in [-0.3, -0.25) is 4.79 Å². The number of thiazole rings is 1. The lowest BCUT2D eigenvalue weighted by Gasteiger charge is -2.33. The lowest BCUT2D eigenvalue weighted by molar-refractivity contribution is -0.147. The number of aromatic nitrogens is 1. The number of carbonyl (C=O) groups excluding carboxylic acids is 2. The molecule has 1 aromatic carbocycles. The summed E-state index contributed by atoms with van der Waals surface area (Å²) in [6, 6.07) is 7.55. The number of likely N-dealkylation sites (tertiary alicyclic amines) is 1. The van der Waals surface area contributed by atoms with Crippen molar-refractivity contribution in [2.24, 2.45) is 0 Å². The Morgan fingerprint density at radius 1 is 1.25 bits per heavy atom. The predicted molar refractivity (Wildman–Crippen MR) is 93.0 cm³/mol. The van der Waals surface area contributed by atoms with Crippen LogP contribution in [0.15, 0.2) is 29.6 Å². The number of nitrogens with zero attached hydrogens (tertiary/aromatic N) is 2. The summed E-state index contributed by atoms with van der Waals surface area (Å²) in [5.41, 5.74) is 2.57. The van der Waals surface area contributed by atoms with Crippen LogP contribution in [0.3, 0.4) is 0 Å². The number of amides is 1. The molecule has 1 aliphatic rings. The molecule has 1 saturated heterocycles. The van der Waals surface area contributed by atoms with Crippen LogP contribution in [0.4, 0.5) is 0 Å². The fourth-order valence-electron chi connectivity index (χ4n) is 2.90. The minimum Gasteiger partial charge on any atom is -0.467 e. The highest BCUT2D eigenvalue weighted by Gasteiger charge is 2.34. The van der Waals surface area contributed by atoms with E-state index in [4.69, 9.17) is 4.74 Å². The van der Waals surface area contributed by atoms with Gasteiger partial charge in [-0.05, 0) is 26.2 Å². The maximum absolute atomic E-state index is 12.8. The topological polar surface area (TPSA) is 59.5 Å². The zero-order valence-corrected chi connectivity index (χ0v) is 14.6. The van der Waals surface area contributed by atoms with Crippen LogP contribution in [0.25, 0.3) is 10.6 Å². The molecule has 1 amide bonds. The molecule has 126 valence electrons. The number of benzene rings is 1. The first-order valence-electron chi connectivity index (χ1n) is 8.01. The fourth-order valence-corrected chi connectivity index (χ4v) is 3.70. The Kier molecular flexibility index (Phi) is 4.94. The van der Waals surface area contributed by atoms with E-state index in [1.807, 2.05) is 31.2 Å². The lowest BCUT2D eigenvalue weighted by Crippen LogP contribution is -2.48. The van der Waals surface area contributed by atoms with Gasteiger partial charge in [0.1, 0.15) is 16.7 Å². The quantitative estimate of drug-likeness (QED) is 0.802. The number of ether oxygens (including phenoxy) is 1. The normalized spacial score (nSPS) is 17.6. The van der Waals surface area contributed by atoms with Gasteiger partial charge in [-0.25, -0.2) is 9.78 Å². The number of methoxy groups -OCH3 is 1. The van der Waals surface area contributed by atoms with E-state index < -0.39 is 6.04 Å². The summed E-state index contributed by atoms with van der Waals surface area (Å²) in [7, 11) is 1.36. The summed E-state index contributed by atoms with van der Waals surface area (Å²) in [5.74, 6) is -0.545. The zero-order chi connectivity index (χ0) is 17.1. The number of esters is 1. The van der Waals surface area contributed by atoms with Crippen LogP contribution in [0, 0.1) is 6.92 Å². The standard InChI is InChI=1S/C18H20N2O3S/c1-12-6-8-13(9-7-12)16-19-14(11-24-16)17(21)20-10-4-3-5-15(20)18(22)23-2/h6-9,11,15H,3-5,10H2,1-2H3/t15-/m0/s1. The van der Waals surface area contributed by atoms with Crippen LogP contribution in [-0.4, -0.2) is 41.5 Å². The van der Waals surface area contributed by atoms with Crippen molar-refractivity contribution in [3.8, 4) is 10.6 Å². The number of rotatable bonds is 3. The number of hydrogen-bond donors (Lipinski definition) is 0. The average Bonchev–Trinajstić information content (AvgIpc) is 3.11. The van der Waals surface area contributed by atoms with Crippen molar-refractivity contribution in [3.63, 3.8) is 0 Å². The molecule has 6 heteroatoms. The molecule has 0 bridgehead atoms. The number of carbonyl (C=O) groups is 2. The highest BCUT2D eigenvalue weighted by molar-refractivity contribution is 7.13. The molecular formula is C18H20N2O3S. The zero-order valence-electron chi connectivity index (χ0n) is 13.8. The Morgan fingerprint density at radius 3 is 2.71 bits per heavy atom. The van der Waals surface area contributed by atoms with E-state index >= 15 is 0 Å². The smallest absolute Gasteiger partial charge is 0.328 e.